The van der Waals surface area contributed by atoms with Crippen LogP contribution in [-0.2, 0) is 20.8 Å². The maximum Gasteiger partial charge on any atom is 0.416 e. The summed E-state index contributed by atoms with van der Waals surface area (Å²) in [4.78, 5) is 24.8. The van der Waals surface area contributed by atoms with E-state index in [-0.39, 0.29) is 34.9 Å². The maximum absolute atomic E-state index is 12.9. The number of rotatable bonds is 8. The third-order valence-corrected chi connectivity index (χ3v) is 8.32. The smallest absolute Gasteiger partial charge is 0.352 e. The van der Waals surface area contributed by atoms with Gasteiger partial charge in [-0.25, -0.2) is 8.42 Å². The molecular weight excluding hydrogens is 483 g/mol. The van der Waals surface area contributed by atoms with Gasteiger partial charge in [0.1, 0.15) is 0 Å². The molecule has 2 rings (SSSR count). The summed E-state index contributed by atoms with van der Waals surface area (Å²) in [5.41, 5.74) is -1.30. The minimum absolute atomic E-state index is 0.0610. The van der Waals surface area contributed by atoms with Crippen molar-refractivity contribution >= 4 is 21.7 Å². The van der Waals surface area contributed by atoms with Gasteiger partial charge in [-0.2, -0.15) is 13.2 Å². The number of amides is 2. The highest BCUT2D eigenvalue weighted by Crippen LogP contribution is 2.30. The van der Waals surface area contributed by atoms with E-state index in [0.29, 0.717) is 12.8 Å². The van der Waals surface area contributed by atoms with E-state index < -0.39 is 45.2 Å². The number of alkyl halides is 3. The van der Waals surface area contributed by atoms with Gasteiger partial charge in [0.2, 0.25) is 5.91 Å². The quantitative estimate of drug-likeness (QED) is 0.489. The number of carbonyl (C=O) groups excluding carboxylic acids is 2. The van der Waals surface area contributed by atoms with Crippen molar-refractivity contribution in [1.82, 2.24) is 16.0 Å². The average Bonchev–Trinajstić information content (AvgIpc) is 2.72. The van der Waals surface area contributed by atoms with Crippen molar-refractivity contribution in [2.24, 2.45) is 5.92 Å². The van der Waals surface area contributed by atoms with Gasteiger partial charge in [-0.1, -0.05) is 6.07 Å². The zero-order valence-corrected chi connectivity index (χ0v) is 21.6. The molecule has 0 saturated heterocycles. The van der Waals surface area contributed by atoms with Gasteiger partial charge in [0.25, 0.3) is 5.91 Å². The van der Waals surface area contributed by atoms with E-state index in [2.05, 4.69) is 16.0 Å². The zero-order chi connectivity index (χ0) is 26.6. The van der Waals surface area contributed by atoms with Crippen molar-refractivity contribution in [3.8, 4) is 0 Å². The molecule has 1 aliphatic rings. The fraction of sp³-hybridized carbons (Fsp3) is 0.667. The van der Waals surface area contributed by atoms with E-state index in [0.717, 1.165) is 24.6 Å². The summed E-state index contributed by atoms with van der Waals surface area (Å²) in [6, 6.07) is 3.67. The number of carbonyl (C=O) groups is 2. The molecule has 35 heavy (non-hydrogen) atoms. The summed E-state index contributed by atoms with van der Waals surface area (Å²) in [5, 5.41) is 8.14. The normalized spacial score (nSPS) is 21.6. The molecule has 0 unspecified atom stereocenters. The number of hydrogen-bond donors (Lipinski definition) is 3. The van der Waals surface area contributed by atoms with Crippen molar-refractivity contribution < 1.29 is 31.2 Å². The summed E-state index contributed by atoms with van der Waals surface area (Å²) in [5.74, 6) is -1.69. The fourth-order valence-corrected chi connectivity index (χ4v) is 5.58. The first kappa shape index (κ1) is 29.1. The minimum Gasteiger partial charge on any atom is -0.352 e. The predicted octanol–water partition coefficient (Wildman–Crippen LogP) is 3.30. The molecule has 3 N–H and O–H groups in total. The minimum atomic E-state index is -4.58. The molecule has 0 radical (unpaired) electrons. The summed E-state index contributed by atoms with van der Waals surface area (Å²) in [6.45, 7) is 8.92. The fourth-order valence-electron chi connectivity index (χ4n) is 4.23. The summed E-state index contributed by atoms with van der Waals surface area (Å²) >= 11 is 0. The third-order valence-electron chi connectivity index (χ3n) is 5.99. The van der Waals surface area contributed by atoms with Crippen LogP contribution in [-0.4, -0.2) is 55.4 Å². The first-order valence-corrected chi connectivity index (χ1v) is 13.4. The van der Waals surface area contributed by atoms with Crippen LogP contribution < -0.4 is 16.0 Å². The molecule has 0 bridgehead atoms. The second kappa shape index (κ2) is 11.3. The molecule has 0 aromatic heterocycles. The largest absolute Gasteiger partial charge is 0.416 e. The van der Waals surface area contributed by atoms with Crippen LogP contribution in [0.25, 0.3) is 0 Å². The summed E-state index contributed by atoms with van der Waals surface area (Å²) < 4.78 is 63.9. The Bertz CT molecular complexity index is 1000. The van der Waals surface area contributed by atoms with Crippen molar-refractivity contribution in [1.29, 1.82) is 0 Å². The Morgan fingerprint density at radius 2 is 1.77 bits per heavy atom. The highest BCUT2D eigenvalue weighted by Gasteiger charge is 2.36. The number of halogens is 3. The SMILES string of the molecule is CC(C)S(=O)(=O)C[C@@H]1C[C@H](NC(C)(C)C)CC[C@@H]1NC(=O)CNC(=O)c1cccc(C(F)(F)F)c1. The molecule has 1 saturated carbocycles. The first-order chi connectivity index (χ1) is 16.0. The van der Waals surface area contributed by atoms with Crippen LogP contribution in [0, 0.1) is 5.92 Å². The Hall–Kier alpha value is -2.14. The van der Waals surface area contributed by atoms with Gasteiger partial charge in [0, 0.05) is 23.2 Å². The molecule has 0 aliphatic heterocycles. The molecule has 2 amide bonds. The van der Waals surface area contributed by atoms with Gasteiger partial charge >= 0.3 is 6.18 Å². The van der Waals surface area contributed by atoms with Gasteiger partial charge in [-0.15, -0.1) is 0 Å². The van der Waals surface area contributed by atoms with E-state index in [1.54, 1.807) is 13.8 Å². The van der Waals surface area contributed by atoms with Crippen LogP contribution in [0.4, 0.5) is 13.2 Å². The molecule has 198 valence electrons. The summed E-state index contributed by atoms with van der Waals surface area (Å²) in [7, 11) is -3.35. The molecule has 1 aromatic rings. The van der Waals surface area contributed by atoms with Gasteiger partial charge in [0.05, 0.1) is 23.1 Å². The lowest BCUT2D eigenvalue weighted by Crippen LogP contribution is -2.54. The van der Waals surface area contributed by atoms with Crippen molar-refractivity contribution in [2.45, 2.75) is 82.9 Å². The van der Waals surface area contributed by atoms with Gasteiger partial charge in [-0.3, -0.25) is 9.59 Å². The standard InChI is InChI=1S/C24H36F3N3O4S/c1-15(2)35(33,34)14-17-12-19(30-23(3,4)5)9-10-20(17)29-21(31)13-28-22(32)16-7-6-8-18(11-16)24(25,26)27/h6-8,11,15,17,19-20,30H,9-10,12-14H2,1-5H3,(H,28,32)(H,29,31)/t17-,19+,20-/m0/s1. The molecule has 7 nitrogen and oxygen atoms in total. The molecule has 1 aliphatic carbocycles. The molecule has 3 atom stereocenters. The van der Waals surface area contributed by atoms with Crippen molar-refractivity contribution in [2.75, 3.05) is 12.3 Å². The number of sulfone groups is 1. The predicted molar refractivity (Wildman–Crippen MR) is 129 cm³/mol. The van der Waals surface area contributed by atoms with Crippen LogP contribution in [0.2, 0.25) is 0 Å². The average molecular weight is 520 g/mol. The Morgan fingerprint density at radius 3 is 2.34 bits per heavy atom. The van der Waals surface area contributed by atoms with Crippen molar-refractivity contribution in [3.05, 3.63) is 35.4 Å². The number of hydrogen-bond acceptors (Lipinski definition) is 5. The van der Waals surface area contributed by atoms with E-state index in [9.17, 15) is 31.2 Å². The van der Waals surface area contributed by atoms with E-state index in [1.807, 2.05) is 20.8 Å². The monoisotopic (exact) mass is 519 g/mol. The highest BCUT2D eigenvalue weighted by atomic mass is 32.2. The first-order valence-electron chi connectivity index (χ1n) is 11.7. The Morgan fingerprint density at radius 1 is 1.11 bits per heavy atom. The lowest BCUT2D eigenvalue weighted by molar-refractivity contribution is -0.137. The van der Waals surface area contributed by atoms with Crippen molar-refractivity contribution in [3.63, 3.8) is 0 Å². The topological polar surface area (TPSA) is 104 Å². The van der Waals surface area contributed by atoms with Gasteiger partial charge < -0.3 is 16.0 Å². The molecule has 1 aromatic carbocycles. The highest BCUT2D eigenvalue weighted by molar-refractivity contribution is 7.91. The lowest BCUT2D eigenvalue weighted by Gasteiger charge is -2.39. The zero-order valence-electron chi connectivity index (χ0n) is 20.8. The van der Waals surface area contributed by atoms with E-state index in [1.165, 1.54) is 6.07 Å². The molecular formula is C24H36F3N3O4S. The number of nitrogens with one attached hydrogen (secondary N) is 3. The van der Waals surface area contributed by atoms with Gasteiger partial charge in [-0.05, 0) is 78.0 Å². The molecule has 0 spiro atoms. The van der Waals surface area contributed by atoms with E-state index >= 15 is 0 Å². The maximum atomic E-state index is 12.9. The Labute approximate surface area is 205 Å². The second-order valence-electron chi connectivity index (χ2n) is 10.5. The summed E-state index contributed by atoms with van der Waals surface area (Å²) in [6.07, 6.45) is -2.69. The van der Waals surface area contributed by atoms with Crippen LogP contribution in [0.15, 0.2) is 24.3 Å². The van der Waals surface area contributed by atoms with Gasteiger partial charge in [0.15, 0.2) is 9.84 Å². The molecule has 11 heteroatoms. The van der Waals surface area contributed by atoms with E-state index in [4.69, 9.17) is 0 Å². The van der Waals surface area contributed by atoms with Crippen LogP contribution in [0.5, 0.6) is 0 Å². The van der Waals surface area contributed by atoms with Crippen LogP contribution in [0.1, 0.15) is 69.8 Å². The Kier molecular flexibility index (Phi) is 9.38. The molecule has 1 fully saturated rings. The number of benzene rings is 1. The van der Waals surface area contributed by atoms with Crippen LogP contribution >= 0.6 is 0 Å². The Balaban J connectivity index is 2.03. The third kappa shape index (κ3) is 9.10. The van der Waals surface area contributed by atoms with Crippen LogP contribution in [0.3, 0.4) is 0 Å². The lowest BCUT2D eigenvalue weighted by atomic mass is 9.81. The molecule has 0 heterocycles. The second-order valence-corrected chi connectivity index (χ2v) is 13.1.